The van der Waals surface area contributed by atoms with Crippen LogP contribution in [0.1, 0.15) is 18.1 Å². The highest BCUT2D eigenvalue weighted by Crippen LogP contribution is 2.30. The molecule has 0 saturated carbocycles. The van der Waals surface area contributed by atoms with Crippen LogP contribution in [0.25, 0.3) is 0 Å². The number of benzene rings is 1. The fraction of sp³-hybridized carbons (Fsp3) is 0.500. The average molecular weight is 305 g/mol. The molecule has 2 rings (SSSR count). The van der Waals surface area contributed by atoms with Crippen LogP contribution < -0.4 is 10.2 Å². The van der Waals surface area contributed by atoms with Crippen molar-refractivity contribution in [3.63, 3.8) is 0 Å². The number of piperazine rings is 1. The zero-order chi connectivity index (χ0) is 16.4. The van der Waals surface area contributed by atoms with Gasteiger partial charge in [-0.3, -0.25) is 10.1 Å². The molecule has 0 aliphatic carbocycles. The molecule has 1 atom stereocenters. The molecule has 1 aliphatic heterocycles. The number of likely N-dealkylation sites (N-methyl/N-ethyl adjacent to an activating group) is 1. The molecule has 22 heavy (non-hydrogen) atoms. The number of rotatable bonds is 2. The van der Waals surface area contributed by atoms with Gasteiger partial charge in [0.2, 0.25) is 5.91 Å². The minimum absolute atomic E-state index is 0.120. The summed E-state index contributed by atoms with van der Waals surface area (Å²) in [5.74, 6) is 0.120. The first-order valence-corrected chi connectivity index (χ1v) is 7.30. The lowest BCUT2D eigenvalue weighted by Gasteiger charge is -2.39. The van der Waals surface area contributed by atoms with Gasteiger partial charge in [0.15, 0.2) is 0 Å². The van der Waals surface area contributed by atoms with Crippen molar-refractivity contribution in [1.29, 1.82) is 0 Å². The molecule has 0 aromatic heterocycles. The van der Waals surface area contributed by atoms with Crippen molar-refractivity contribution in [3.05, 3.63) is 23.3 Å². The number of hydrogen-bond acceptors (Lipinski definition) is 4. The van der Waals surface area contributed by atoms with E-state index in [1.807, 2.05) is 40.0 Å². The number of ether oxygens (including phenoxy) is 1. The number of nitrogens with one attached hydrogen (secondary N) is 1. The molecule has 6 nitrogen and oxygen atoms in total. The number of carbonyl (C=O) groups excluding carboxylic acids is 2. The molecule has 120 valence electrons. The van der Waals surface area contributed by atoms with E-state index in [9.17, 15) is 9.59 Å². The molecule has 1 heterocycles. The molecule has 1 aromatic carbocycles. The van der Waals surface area contributed by atoms with Crippen LogP contribution in [-0.4, -0.2) is 50.2 Å². The summed E-state index contributed by atoms with van der Waals surface area (Å²) in [6.45, 7) is 7.19. The summed E-state index contributed by atoms with van der Waals surface area (Å²) in [6, 6.07) is 3.97. The first-order chi connectivity index (χ1) is 10.3. The highest BCUT2D eigenvalue weighted by molar-refractivity contribution is 5.87. The lowest BCUT2D eigenvalue weighted by atomic mass is 10.0. The predicted molar refractivity (Wildman–Crippen MR) is 86.4 cm³/mol. The van der Waals surface area contributed by atoms with E-state index in [1.54, 1.807) is 4.90 Å². The Hall–Kier alpha value is -2.24. The van der Waals surface area contributed by atoms with Crippen molar-refractivity contribution in [2.45, 2.75) is 26.8 Å². The van der Waals surface area contributed by atoms with E-state index < -0.39 is 6.09 Å². The van der Waals surface area contributed by atoms with Crippen molar-refractivity contribution in [2.24, 2.45) is 0 Å². The Bertz CT molecular complexity index is 577. The van der Waals surface area contributed by atoms with Gasteiger partial charge < -0.3 is 14.5 Å². The third kappa shape index (κ3) is 3.16. The van der Waals surface area contributed by atoms with Crippen molar-refractivity contribution < 1.29 is 14.3 Å². The number of aryl methyl sites for hydroxylation is 2. The molecule has 1 aromatic rings. The van der Waals surface area contributed by atoms with E-state index >= 15 is 0 Å². The Morgan fingerprint density at radius 1 is 1.32 bits per heavy atom. The number of nitrogens with zero attached hydrogens (tertiary/aromatic N) is 2. The summed E-state index contributed by atoms with van der Waals surface area (Å²) in [6.07, 6.45) is -0.491. The second kappa shape index (κ2) is 6.25. The minimum atomic E-state index is -0.491. The van der Waals surface area contributed by atoms with Crippen molar-refractivity contribution in [2.75, 3.05) is 37.5 Å². The SMILES string of the molecule is COC(=O)Nc1cc(C)c(N2CC(=O)N(C)C(C)C2)c(C)c1. The van der Waals surface area contributed by atoms with Gasteiger partial charge in [-0.25, -0.2) is 4.79 Å². The third-order valence-electron chi connectivity index (χ3n) is 4.10. The third-order valence-corrected chi connectivity index (χ3v) is 4.10. The van der Waals surface area contributed by atoms with E-state index in [0.717, 1.165) is 23.4 Å². The van der Waals surface area contributed by atoms with Gasteiger partial charge in [-0.05, 0) is 44.0 Å². The number of amides is 2. The van der Waals surface area contributed by atoms with Gasteiger partial charge in [-0.15, -0.1) is 0 Å². The normalized spacial score (nSPS) is 18.4. The Labute approximate surface area is 131 Å². The number of methoxy groups -OCH3 is 1. The lowest BCUT2D eigenvalue weighted by molar-refractivity contribution is -0.131. The van der Waals surface area contributed by atoms with Gasteiger partial charge in [-0.2, -0.15) is 0 Å². The molecule has 0 spiro atoms. The molecular formula is C16H23N3O3. The summed E-state index contributed by atoms with van der Waals surface area (Å²) < 4.78 is 4.61. The smallest absolute Gasteiger partial charge is 0.411 e. The standard InChI is InChI=1S/C16H23N3O3/c1-10-6-13(17-16(21)22-5)7-11(2)15(10)19-8-12(3)18(4)14(20)9-19/h6-7,12H,8-9H2,1-5H3,(H,17,21). The Morgan fingerprint density at radius 3 is 2.41 bits per heavy atom. The van der Waals surface area contributed by atoms with Crippen molar-refractivity contribution in [3.8, 4) is 0 Å². The summed E-state index contributed by atoms with van der Waals surface area (Å²) >= 11 is 0. The van der Waals surface area contributed by atoms with Gasteiger partial charge in [0.05, 0.1) is 13.7 Å². The molecule has 1 aliphatic rings. The second-order valence-corrected chi connectivity index (χ2v) is 5.81. The van der Waals surface area contributed by atoms with Gasteiger partial charge in [0.1, 0.15) is 0 Å². The number of carbonyl (C=O) groups is 2. The van der Waals surface area contributed by atoms with Crippen LogP contribution in [0, 0.1) is 13.8 Å². The number of hydrogen-bond donors (Lipinski definition) is 1. The lowest BCUT2D eigenvalue weighted by Crippen LogP contribution is -2.54. The Morgan fingerprint density at radius 2 is 1.91 bits per heavy atom. The first-order valence-electron chi connectivity index (χ1n) is 7.30. The van der Waals surface area contributed by atoms with E-state index in [4.69, 9.17) is 0 Å². The predicted octanol–water partition coefficient (Wildman–Crippen LogP) is 2.15. The van der Waals surface area contributed by atoms with Crippen LogP contribution in [0.4, 0.5) is 16.2 Å². The fourth-order valence-electron chi connectivity index (χ4n) is 2.89. The van der Waals surface area contributed by atoms with E-state index in [2.05, 4.69) is 15.0 Å². The summed E-state index contributed by atoms with van der Waals surface area (Å²) in [4.78, 5) is 27.3. The number of anilines is 2. The zero-order valence-electron chi connectivity index (χ0n) is 13.8. The molecule has 0 bridgehead atoms. The van der Waals surface area contributed by atoms with Gasteiger partial charge in [0, 0.05) is 31.0 Å². The van der Waals surface area contributed by atoms with E-state index in [0.29, 0.717) is 12.2 Å². The quantitative estimate of drug-likeness (QED) is 0.909. The molecule has 1 N–H and O–H groups in total. The molecule has 1 unspecified atom stereocenters. The maximum Gasteiger partial charge on any atom is 0.411 e. The second-order valence-electron chi connectivity index (χ2n) is 5.81. The molecule has 1 saturated heterocycles. The maximum atomic E-state index is 12.1. The van der Waals surface area contributed by atoms with Gasteiger partial charge >= 0.3 is 6.09 Å². The van der Waals surface area contributed by atoms with Gasteiger partial charge in [0.25, 0.3) is 0 Å². The average Bonchev–Trinajstić information content (AvgIpc) is 2.43. The van der Waals surface area contributed by atoms with Crippen LogP contribution in [0.3, 0.4) is 0 Å². The van der Waals surface area contributed by atoms with Crippen LogP contribution in [0.5, 0.6) is 0 Å². The summed E-state index contributed by atoms with van der Waals surface area (Å²) in [7, 11) is 3.17. The van der Waals surface area contributed by atoms with Crippen LogP contribution in [0.15, 0.2) is 12.1 Å². The molecule has 2 amide bonds. The zero-order valence-corrected chi connectivity index (χ0v) is 13.8. The molecular weight excluding hydrogens is 282 g/mol. The Balaban J connectivity index is 2.28. The topological polar surface area (TPSA) is 61.9 Å². The van der Waals surface area contributed by atoms with Crippen LogP contribution in [0.2, 0.25) is 0 Å². The summed E-state index contributed by atoms with van der Waals surface area (Å²) in [5, 5.41) is 2.67. The largest absolute Gasteiger partial charge is 0.453 e. The van der Waals surface area contributed by atoms with Crippen LogP contribution >= 0.6 is 0 Å². The highest BCUT2D eigenvalue weighted by atomic mass is 16.5. The highest BCUT2D eigenvalue weighted by Gasteiger charge is 2.28. The maximum absolute atomic E-state index is 12.1. The molecule has 1 fully saturated rings. The molecule has 0 radical (unpaired) electrons. The monoisotopic (exact) mass is 305 g/mol. The first kappa shape index (κ1) is 16.1. The van der Waals surface area contributed by atoms with Gasteiger partial charge in [-0.1, -0.05) is 0 Å². The van der Waals surface area contributed by atoms with E-state index in [1.165, 1.54) is 7.11 Å². The molecule has 6 heteroatoms. The Kier molecular flexibility index (Phi) is 4.59. The minimum Gasteiger partial charge on any atom is -0.453 e. The summed E-state index contributed by atoms with van der Waals surface area (Å²) in [5.41, 5.74) is 3.80. The van der Waals surface area contributed by atoms with Crippen LogP contribution in [-0.2, 0) is 9.53 Å². The van der Waals surface area contributed by atoms with Crippen molar-refractivity contribution in [1.82, 2.24) is 4.90 Å². The van der Waals surface area contributed by atoms with Crippen molar-refractivity contribution >= 4 is 23.4 Å². The fourth-order valence-corrected chi connectivity index (χ4v) is 2.89. The van der Waals surface area contributed by atoms with E-state index in [-0.39, 0.29) is 11.9 Å².